The molecule has 4 heterocycles. The monoisotopic (exact) mass is 481 g/mol. The lowest BCUT2D eigenvalue weighted by molar-refractivity contribution is -0.129. The van der Waals surface area contributed by atoms with E-state index < -0.39 is 5.60 Å². The normalized spacial score (nSPS) is 22.8. The minimum atomic E-state index is -1.65. The molecule has 8 heteroatoms. The van der Waals surface area contributed by atoms with Gasteiger partial charge >= 0.3 is 0 Å². The summed E-state index contributed by atoms with van der Waals surface area (Å²) in [4.78, 5) is 30.9. The second kappa shape index (κ2) is 8.04. The van der Waals surface area contributed by atoms with Crippen LogP contribution in [0.3, 0.4) is 0 Å². The molecule has 2 aromatic heterocycles. The SMILES string of the molecule is CC.CC[C@@]1(O)C(=O)PCc2c1cc1n(c2=O)Cc2c-1nc1cc(F)c(C)c3c1c2[C@@H](N)CC3. The predicted molar refractivity (Wildman–Crippen MR) is 133 cm³/mol. The Hall–Kier alpha value is -2.47. The van der Waals surface area contributed by atoms with Crippen molar-refractivity contribution in [2.75, 3.05) is 0 Å². The van der Waals surface area contributed by atoms with Gasteiger partial charge in [0.1, 0.15) is 5.82 Å². The van der Waals surface area contributed by atoms with Crippen molar-refractivity contribution in [3.63, 3.8) is 0 Å². The number of halogens is 1. The van der Waals surface area contributed by atoms with Crippen LogP contribution >= 0.6 is 8.58 Å². The van der Waals surface area contributed by atoms with E-state index in [0.29, 0.717) is 59.1 Å². The molecule has 0 saturated carbocycles. The Kier molecular flexibility index (Phi) is 5.51. The average Bonchev–Trinajstić information content (AvgIpc) is 3.21. The lowest BCUT2D eigenvalue weighted by atomic mass is 9.82. The van der Waals surface area contributed by atoms with Gasteiger partial charge in [0.15, 0.2) is 11.1 Å². The van der Waals surface area contributed by atoms with Crippen molar-refractivity contribution in [1.82, 2.24) is 9.55 Å². The maximum absolute atomic E-state index is 14.7. The largest absolute Gasteiger partial charge is 0.377 e. The summed E-state index contributed by atoms with van der Waals surface area (Å²) in [6, 6.07) is 2.98. The Morgan fingerprint density at radius 1 is 1.26 bits per heavy atom. The quantitative estimate of drug-likeness (QED) is 0.398. The molecule has 3 atom stereocenters. The summed E-state index contributed by atoms with van der Waals surface area (Å²) in [6.45, 7) is 7.88. The number of nitrogens with two attached hydrogens (primary N) is 1. The zero-order valence-electron chi connectivity index (χ0n) is 19.9. The molecule has 1 unspecified atom stereocenters. The fourth-order valence-corrected chi connectivity index (χ4v) is 6.99. The van der Waals surface area contributed by atoms with Crippen LogP contribution in [0.2, 0.25) is 0 Å². The van der Waals surface area contributed by atoms with Crippen molar-refractivity contribution in [3.8, 4) is 11.4 Å². The van der Waals surface area contributed by atoms with Gasteiger partial charge in [0.05, 0.1) is 23.4 Å². The zero-order valence-corrected chi connectivity index (χ0v) is 20.9. The minimum absolute atomic E-state index is 0.124. The highest BCUT2D eigenvalue weighted by molar-refractivity contribution is 7.57. The molecule has 6 nitrogen and oxygen atoms in total. The van der Waals surface area contributed by atoms with Gasteiger partial charge < -0.3 is 15.4 Å². The molecule has 2 aliphatic heterocycles. The Morgan fingerprint density at radius 3 is 2.71 bits per heavy atom. The van der Waals surface area contributed by atoms with Gasteiger partial charge in [0.25, 0.3) is 5.56 Å². The van der Waals surface area contributed by atoms with Crippen LogP contribution < -0.4 is 11.3 Å². The van der Waals surface area contributed by atoms with Crippen LogP contribution in [-0.2, 0) is 29.5 Å². The van der Waals surface area contributed by atoms with Crippen LogP contribution in [-0.4, -0.2) is 20.2 Å². The highest BCUT2D eigenvalue weighted by atomic mass is 31.1. The Morgan fingerprint density at radius 2 is 2.00 bits per heavy atom. The first kappa shape index (κ1) is 23.3. The maximum Gasteiger partial charge on any atom is 0.255 e. The molecule has 0 radical (unpaired) electrons. The third-order valence-corrected chi connectivity index (χ3v) is 8.80. The lowest BCUT2D eigenvalue weighted by Gasteiger charge is -2.32. The summed E-state index contributed by atoms with van der Waals surface area (Å²) >= 11 is 0. The summed E-state index contributed by atoms with van der Waals surface area (Å²) in [5, 5.41) is 12.1. The average molecular weight is 482 g/mol. The molecule has 0 spiro atoms. The van der Waals surface area contributed by atoms with Crippen LogP contribution in [0, 0.1) is 12.7 Å². The maximum atomic E-state index is 14.7. The topological polar surface area (TPSA) is 98.2 Å². The van der Waals surface area contributed by atoms with Gasteiger partial charge in [-0.1, -0.05) is 20.8 Å². The number of hydrogen-bond acceptors (Lipinski definition) is 5. The van der Waals surface area contributed by atoms with E-state index in [-0.39, 0.29) is 37.9 Å². The number of carbonyl (C=O) groups excluding carboxylic acids is 1. The number of pyridine rings is 2. The number of hydrogen-bond donors (Lipinski definition) is 2. The van der Waals surface area contributed by atoms with E-state index in [1.165, 1.54) is 6.07 Å². The molecular formula is C26H29FN3O3P. The number of aliphatic hydroxyl groups is 1. The third-order valence-electron chi connectivity index (χ3n) is 7.54. The first-order valence-electron chi connectivity index (χ1n) is 11.9. The van der Waals surface area contributed by atoms with Crippen LogP contribution in [0.25, 0.3) is 22.3 Å². The Bertz CT molecular complexity index is 1450. The molecule has 34 heavy (non-hydrogen) atoms. The van der Waals surface area contributed by atoms with Gasteiger partial charge in [0.2, 0.25) is 0 Å². The summed E-state index contributed by atoms with van der Waals surface area (Å²) in [7, 11) is -0.124. The molecule has 178 valence electrons. The summed E-state index contributed by atoms with van der Waals surface area (Å²) in [6.07, 6.45) is 1.96. The molecule has 0 saturated heterocycles. The fraction of sp³-hybridized carbons (Fsp3) is 0.423. The first-order chi connectivity index (χ1) is 16.3. The van der Waals surface area contributed by atoms with Gasteiger partial charge in [-0.2, -0.15) is 0 Å². The number of benzene rings is 1. The van der Waals surface area contributed by atoms with Crippen LogP contribution in [0.15, 0.2) is 16.9 Å². The molecule has 1 aromatic carbocycles. The van der Waals surface area contributed by atoms with Crippen molar-refractivity contribution >= 4 is 25.0 Å². The first-order valence-corrected chi connectivity index (χ1v) is 13.1. The molecule has 3 aliphatic rings. The third kappa shape index (κ3) is 2.93. The highest BCUT2D eigenvalue weighted by Crippen LogP contribution is 2.47. The molecule has 3 aromatic rings. The van der Waals surface area contributed by atoms with Crippen molar-refractivity contribution in [2.24, 2.45) is 5.73 Å². The van der Waals surface area contributed by atoms with Crippen molar-refractivity contribution in [2.45, 2.75) is 71.3 Å². The fourth-order valence-electron chi connectivity index (χ4n) is 5.71. The van der Waals surface area contributed by atoms with Crippen LogP contribution in [0.5, 0.6) is 0 Å². The van der Waals surface area contributed by atoms with E-state index in [9.17, 15) is 19.1 Å². The molecule has 0 amide bonds. The molecule has 3 N–H and O–H groups in total. The number of aryl methyl sites for hydroxylation is 1. The Balaban J connectivity index is 0.00000117. The van der Waals surface area contributed by atoms with Crippen molar-refractivity contribution in [1.29, 1.82) is 0 Å². The predicted octanol–water partition coefficient (Wildman–Crippen LogP) is 4.16. The van der Waals surface area contributed by atoms with Crippen LogP contribution in [0.4, 0.5) is 4.39 Å². The van der Waals surface area contributed by atoms with Gasteiger partial charge in [-0.05, 0) is 57.5 Å². The summed E-state index contributed by atoms with van der Waals surface area (Å²) < 4.78 is 16.4. The number of fused-ring (bicyclic) bond motifs is 5. The van der Waals surface area contributed by atoms with Crippen molar-refractivity contribution in [3.05, 3.63) is 61.7 Å². The number of carbonyl (C=O) groups is 1. The molecule has 6 rings (SSSR count). The zero-order chi connectivity index (χ0) is 24.5. The van der Waals surface area contributed by atoms with Gasteiger partial charge in [-0.15, -0.1) is 0 Å². The van der Waals surface area contributed by atoms with E-state index in [2.05, 4.69) is 0 Å². The van der Waals surface area contributed by atoms with Gasteiger partial charge in [-0.3, -0.25) is 9.59 Å². The smallest absolute Gasteiger partial charge is 0.255 e. The molecule has 1 aliphatic carbocycles. The highest BCUT2D eigenvalue weighted by Gasteiger charge is 2.43. The Labute approximate surface area is 199 Å². The molecule has 0 fully saturated rings. The van der Waals surface area contributed by atoms with E-state index in [0.717, 1.165) is 22.1 Å². The van der Waals surface area contributed by atoms with Gasteiger partial charge in [-0.25, -0.2) is 9.37 Å². The number of nitrogens with zero attached hydrogens (tertiary/aromatic N) is 2. The van der Waals surface area contributed by atoms with Gasteiger partial charge in [0, 0.05) is 40.3 Å². The lowest BCUT2D eigenvalue weighted by Crippen LogP contribution is -2.40. The number of aromatic nitrogens is 2. The molecular weight excluding hydrogens is 452 g/mol. The van der Waals surface area contributed by atoms with E-state index in [4.69, 9.17) is 10.7 Å². The molecule has 0 bridgehead atoms. The van der Waals surface area contributed by atoms with Crippen LogP contribution in [0.1, 0.15) is 73.0 Å². The summed E-state index contributed by atoms with van der Waals surface area (Å²) in [5.41, 5.74) is 10.5. The second-order valence-corrected chi connectivity index (χ2v) is 10.2. The summed E-state index contributed by atoms with van der Waals surface area (Å²) in [5.74, 6) is -0.297. The van der Waals surface area contributed by atoms with E-state index in [1.54, 1.807) is 24.5 Å². The second-order valence-electron chi connectivity index (χ2n) is 9.06. The number of rotatable bonds is 1. The standard InChI is InChI=1S/C24H23FN3O3P.C2H6/c1-3-24(31)14-6-18-21-12(8-28(18)22(29)13(14)9-32-23(24)30)19-16(26)5-4-11-10(2)15(25)7-17(27-21)20(11)19;1-2/h6-7,16,31-32H,3-5,8-9,26H2,1-2H3;1-2H3/t16-,24-;/m0./s1. The minimum Gasteiger partial charge on any atom is -0.377 e. The van der Waals surface area contributed by atoms with Crippen molar-refractivity contribution < 1.29 is 14.3 Å². The van der Waals surface area contributed by atoms with E-state index in [1.807, 2.05) is 13.8 Å². The van der Waals surface area contributed by atoms with E-state index >= 15 is 0 Å².